The molecule has 2 N–H and O–H groups in total. The molecule has 1 saturated heterocycles. The van der Waals surface area contributed by atoms with Crippen LogP contribution < -0.4 is 5.73 Å². The van der Waals surface area contributed by atoms with Gasteiger partial charge in [-0.2, -0.15) is 11.8 Å². The van der Waals surface area contributed by atoms with Crippen LogP contribution in [0.25, 0.3) is 0 Å². The first-order valence-electron chi connectivity index (χ1n) is 5.78. The lowest BCUT2D eigenvalue weighted by molar-refractivity contribution is 0.235. The second kappa shape index (κ2) is 5.55. The highest BCUT2D eigenvalue weighted by molar-refractivity contribution is 7.99. The van der Waals surface area contributed by atoms with Crippen molar-refractivity contribution in [2.75, 3.05) is 30.3 Å². The van der Waals surface area contributed by atoms with E-state index in [1.165, 1.54) is 18.1 Å². The second-order valence-electron chi connectivity index (χ2n) is 4.29. The lowest BCUT2D eigenvalue weighted by Gasteiger charge is -2.32. The number of rotatable bonds is 3. The van der Waals surface area contributed by atoms with Crippen molar-refractivity contribution in [3.05, 3.63) is 24.0 Å². The van der Waals surface area contributed by atoms with E-state index in [1.807, 2.05) is 12.1 Å². The predicted octanol–water partition coefficient (Wildman–Crippen LogP) is 1.64. The van der Waals surface area contributed by atoms with Gasteiger partial charge in [0.1, 0.15) is 0 Å². The van der Waals surface area contributed by atoms with Crippen molar-refractivity contribution in [1.29, 1.82) is 0 Å². The summed E-state index contributed by atoms with van der Waals surface area (Å²) in [5.74, 6) is 2.52. The smallest absolute Gasteiger partial charge is 0.0501 e. The van der Waals surface area contributed by atoms with Crippen molar-refractivity contribution in [2.24, 2.45) is 0 Å². The van der Waals surface area contributed by atoms with E-state index < -0.39 is 0 Å². The van der Waals surface area contributed by atoms with Crippen molar-refractivity contribution >= 4 is 17.4 Å². The molecule has 0 amide bonds. The summed E-state index contributed by atoms with van der Waals surface area (Å²) in [7, 11) is 0. The third kappa shape index (κ3) is 3.12. The number of nitrogen functional groups attached to an aromatic ring is 1. The fourth-order valence-electron chi connectivity index (χ4n) is 1.94. The number of thioether (sulfide) groups is 1. The van der Waals surface area contributed by atoms with Crippen molar-refractivity contribution in [3.63, 3.8) is 0 Å². The Morgan fingerprint density at radius 2 is 2.44 bits per heavy atom. The molecule has 0 saturated carbocycles. The molecule has 88 valence electrons. The number of aromatic nitrogens is 1. The van der Waals surface area contributed by atoms with Crippen LogP contribution in [-0.2, 0) is 6.42 Å². The van der Waals surface area contributed by atoms with Crippen molar-refractivity contribution in [3.8, 4) is 0 Å². The molecule has 0 radical (unpaired) electrons. The van der Waals surface area contributed by atoms with Gasteiger partial charge in [0.25, 0.3) is 0 Å². The Labute approximate surface area is 101 Å². The largest absolute Gasteiger partial charge is 0.397 e. The Morgan fingerprint density at radius 3 is 3.12 bits per heavy atom. The SMILES string of the molecule is CC1CSCCN1CCc1ccc(N)cn1. The molecule has 2 heterocycles. The van der Waals surface area contributed by atoms with E-state index in [0.29, 0.717) is 6.04 Å². The molecule has 4 heteroatoms. The number of pyridine rings is 1. The van der Waals surface area contributed by atoms with E-state index in [9.17, 15) is 0 Å². The fraction of sp³-hybridized carbons (Fsp3) is 0.583. The van der Waals surface area contributed by atoms with Gasteiger partial charge in [-0.25, -0.2) is 0 Å². The minimum absolute atomic E-state index is 0.701. The average molecular weight is 237 g/mol. The van der Waals surface area contributed by atoms with E-state index in [4.69, 9.17) is 5.73 Å². The molecule has 1 aromatic heterocycles. The highest BCUT2D eigenvalue weighted by atomic mass is 32.2. The van der Waals surface area contributed by atoms with Crippen LogP contribution in [0, 0.1) is 0 Å². The van der Waals surface area contributed by atoms with Crippen LogP contribution >= 0.6 is 11.8 Å². The first-order valence-corrected chi connectivity index (χ1v) is 6.93. The summed E-state index contributed by atoms with van der Waals surface area (Å²) < 4.78 is 0. The molecule has 1 aromatic rings. The summed E-state index contributed by atoms with van der Waals surface area (Å²) in [4.78, 5) is 6.88. The Morgan fingerprint density at radius 1 is 1.56 bits per heavy atom. The molecule has 16 heavy (non-hydrogen) atoms. The van der Waals surface area contributed by atoms with Gasteiger partial charge in [-0.3, -0.25) is 9.88 Å². The molecule has 1 unspecified atom stereocenters. The third-order valence-electron chi connectivity index (χ3n) is 3.01. The van der Waals surface area contributed by atoms with Crippen LogP contribution in [-0.4, -0.2) is 40.5 Å². The molecule has 2 rings (SSSR count). The molecule has 1 aliphatic rings. The van der Waals surface area contributed by atoms with Crippen LogP contribution in [0.5, 0.6) is 0 Å². The zero-order valence-corrected chi connectivity index (χ0v) is 10.5. The molecule has 0 aliphatic carbocycles. The summed E-state index contributed by atoms with van der Waals surface area (Å²) in [5.41, 5.74) is 7.49. The Bertz CT molecular complexity index is 326. The lowest BCUT2D eigenvalue weighted by atomic mass is 10.2. The summed E-state index contributed by atoms with van der Waals surface area (Å²) in [6, 6.07) is 4.66. The summed E-state index contributed by atoms with van der Waals surface area (Å²) in [6.07, 6.45) is 2.76. The summed E-state index contributed by atoms with van der Waals surface area (Å²) >= 11 is 2.06. The maximum absolute atomic E-state index is 5.61. The maximum atomic E-state index is 5.61. The fourth-order valence-corrected chi connectivity index (χ4v) is 3.02. The number of hydrogen-bond acceptors (Lipinski definition) is 4. The Balaban J connectivity index is 1.84. The molecule has 1 atom stereocenters. The van der Waals surface area contributed by atoms with Gasteiger partial charge in [0.2, 0.25) is 0 Å². The van der Waals surface area contributed by atoms with E-state index in [2.05, 4.69) is 28.6 Å². The first kappa shape index (κ1) is 11.7. The second-order valence-corrected chi connectivity index (χ2v) is 5.44. The lowest BCUT2D eigenvalue weighted by Crippen LogP contribution is -2.41. The molecule has 3 nitrogen and oxygen atoms in total. The van der Waals surface area contributed by atoms with Crippen molar-refractivity contribution < 1.29 is 0 Å². The molecule has 1 fully saturated rings. The normalized spacial score (nSPS) is 22.2. The van der Waals surface area contributed by atoms with Gasteiger partial charge in [-0.05, 0) is 19.1 Å². The van der Waals surface area contributed by atoms with Crippen molar-refractivity contribution in [2.45, 2.75) is 19.4 Å². The molecular formula is C12H19N3S. The van der Waals surface area contributed by atoms with Gasteiger partial charge in [0.05, 0.1) is 11.9 Å². The highest BCUT2D eigenvalue weighted by Gasteiger charge is 2.17. The van der Waals surface area contributed by atoms with Gasteiger partial charge < -0.3 is 5.73 Å². The van der Waals surface area contributed by atoms with Crippen molar-refractivity contribution in [1.82, 2.24) is 9.88 Å². The monoisotopic (exact) mass is 237 g/mol. The number of nitrogens with two attached hydrogens (primary N) is 1. The minimum atomic E-state index is 0.701. The average Bonchev–Trinajstić information content (AvgIpc) is 2.30. The van der Waals surface area contributed by atoms with Crippen LogP contribution in [0.15, 0.2) is 18.3 Å². The Hall–Kier alpha value is -0.740. The minimum Gasteiger partial charge on any atom is -0.397 e. The zero-order chi connectivity index (χ0) is 11.4. The molecule has 1 aliphatic heterocycles. The molecule has 0 spiro atoms. The van der Waals surface area contributed by atoms with E-state index in [1.54, 1.807) is 6.20 Å². The third-order valence-corrected chi connectivity index (χ3v) is 4.20. The van der Waals surface area contributed by atoms with Crippen LogP contribution in [0.4, 0.5) is 5.69 Å². The number of hydrogen-bond donors (Lipinski definition) is 1. The number of anilines is 1. The van der Waals surface area contributed by atoms with Crippen LogP contribution in [0.2, 0.25) is 0 Å². The summed E-state index contributed by atoms with van der Waals surface area (Å²) in [6.45, 7) is 4.63. The summed E-state index contributed by atoms with van der Waals surface area (Å²) in [5, 5.41) is 0. The van der Waals surface area contributed by atoms with E-state index in [-0.39, 0.29) is 0 Å². The predicted molar refractivity (Wildman–Crippen MR) is 70.7 cm³/mol. The van der Waals surface area contributed by atoms with Gasteiger partial charge in [0, 0.05) is 42.8 Å². The van der Waals surface area contributed by atoms with Crippen LogP contribution in [0.1, 0.15) is 12.6 Å². The quantitative estimate of drug-likeness (QED) is 0.868. The number of nitrogens with zero attached hydrogens (tertiary/aromatic N) is 2. The standard InChI is InChI=1S/C12H19N3S/c1-10-9-16-7-6-15(10)5-4-12-3-2-11(13)8-14-12/h2-3,8,10H,4-7,9,13H2,1H3. The highest BCUT2D eigenvalue weighted by Crippen LogP contribution is 2.16. The zero-order valence-electron chi connectivity index (χ0n) is 9.72. The van der Waals surface area contributed by atoms with Crippen LogP contribution in [0.3, 0.4) is 0 Å². The van der Waals surface area contributed by atoms with Gasteiger partial charge >= 0.3 is 0 Å². The molecule has 0 bridgehead atoms. The van der Waals surface area contributed by atoms with E-state index >= 15 is 0 Å². The molecule has 0 aromatic carbocycles. The van der Waals surface area contributed by atoms with Gasteiger partial charge in [-0.1, -0.05) is 0 Å². The van der Waals surface area contributed by atoms with Gasteiger partial charge in [-0.15, -0.1) is 0 Å². The first-order chi connectivity index (χ1) is 7.75. The molecular weight excluding hydrogens is 218 g/mol. The van der Waals surface area contributed by atoms with Gasteiger partial charge in [0.15, 0.2) is 0 Å². The maximum Gasteiger partial charge on any atom is 0.0501 e. The van der Waals surface area contributed by atoms with E-state index in [0.717, 1.165) is 24.3 Å². The Kier molecular flexibility index (Phi) is 4.07. The topological polar surface area (TPSA) is 42.1 Å².